The van der Waals surface area contributed by atoms with Gasteiger partial charge in [-0.25, -0.2) is 0 Å². The monoisotopic (exact) mass is 187 g/mol. The van der Waals surface area contributed by atoms with Gasteiger partial charge in [-0.2, -0.15) is 0 Å². The lowest BCUT2D eigenvalue weighted by Gasteiger charge is -2.12. The molecule has 74 valence electrons. The highest BCUT2D eigenvalue weighted by Crippen LogP contribution is 2.36. The summed E-state index contributed by atoms with van der Waals surface area (Å²) >= 11 is 0. The van der Waals surface area contributed by atoms with Crippen LogP contribution in [-0.4, -0.2) is 0 Å². The fourth-order valence-electron chi connectivity index (χ4n) is 2.41. The average Bonchev–Trinajstić information content (AvgIpc) is 2.71. The quantitative estimate of drug-likeness (QED) is 0.611. The molecule has 0 spiro atoms. The third-order valence-electron chi connectivity index (χ3n) is 3.47. The van der Waals surface area contributed by atoms with Gasteiger partial charge in [0.25, 0.3) is 0 Å². The van der Waals surface area contributed by atoms with Gasteiger partial charge in [-0.3, -0.25) is 0 Å². The van der Waals surface area contributed by atoms with Crippen molar-refractivity contribution in [3.63, 3.8) is 0 Å². The largest absolute Gasteiger partial charge is 0.132 e. The van der Waals surface area contributed by atoms with Gasteiger partial charge >= 0.3 is 0 Å². The Morgan fingerprint density at radius 3 is 2.21 bits per heavy atom. The van der Waals surface area contributed by atoms with E-state index in [1.807, 2.05) is 0 Å². The minimum absolute atomic E-state index is 0.859. The van der Waals surface area contributed by atoms with Crippen LogP contribution < -0.4 is 0 Å². The molecule has 0 heterocycles. The van der Waals surface area contributed by atoms with Gasteiger partial charge in [-0.05, 0) is 37.5 Å². The highest BCUT2D eigenvalue weighted by atomic mass is 14.3. The topological polar surface area (TPSA) is 0 Å². The molecule has 0 saturated heterocycles. The highest BCUT2D eigenvalue weighted by Gasteiger charge is 2.27. The molecule has 0 heteroatoms. The third kappa shape index (κ3) is 1.95. The summed E-state index contributed by atoms with van der Waals surface area (Å²) in [6, 6.07) is 8.97. The zero-order valence-corrected chi connectivity index (χ0v) is 9.22. The first-order chi connectivity index (χ1) is 6.77. The normalized spacial score (nSPS) is 17.3. The first-order valence-corrected chi connectivity index (χ1v) is 5.68. The molecule has 0 nitrogen and oxygen atoms in total. The Labute approximate surface area is 87.3 Å². The molecule has 0 unspecified atom stereocenters. The van der Waals surface area contributed by atoms with Gasteiger partial charge in [0.15, 0.2) is 0 Å². The van der Waals surface area contributed by atoms with Gasteiger partial charge in [0.05, 0.1) is 0 Å². The van der Waals surface area contributed by atoms with E-state index in [4.69, 9.17) is 0 Å². The summed E-state index contributed by atoms with van der Waals surface area (Å²) in [5, 5.41) is 0. The maximum absolute atomic E-state index is 2.31. The Bertz CT molecular complexity index is 277. The Kier molecular flexibility index (Phi) is 2.81. The van der Waals surface area contributed by atoms with Crippen LogP contribution in [0.4, 0.5) is 0 Å². The lowest BCUT2D eigenvalue weighted by Crippen LogP contribution is -2.06. The molecule has 0 amide bonds. The molecular formula is C14H19+. The molecule has 1 aromatic rings. The predicted molar refractivity (Wildman–Crippen MR) is 61.2 cm³/mol. The zero-order chi connectivity index (χ0) is 9.97. The van der Waals surface area contributed by atoms with Crippen LogP contribution >= 0.6 is 0 Å². The van der Waals surface area contributed by atoms with Crippen molar-refractivity contribution in [1.82, 2.24) is 0 Å². The van der Waals surface area contributed by atoms with E-state index in [9.17, 15) is 0 Å². The minimum Gasteiger partial charge on any atom is -0.0515 e. The summed E-state index contributed by atoms with van der Waals surface area (Å²) < 4.78 is 0. The van der Waals surface area contributed by atoms with Crippen molar-refractivity contribution >= 4 is 0 Å². The molecule has 0 aromatic heterocycles. The second kappa shape index (κ2) is 4.08. The number of rotatable bonds is 2. The standard InChI is InChI=1S/C14H19/c1-11-7-9-14(10-8-11)12(2)13-5-3-4-6-13/h7-10,13H,3-6H2,1-2H3/q+1. The first-order valence-electron chi connectivity index (χ1n) is 5.68. The summed E-state index contributed by atoms with van der Waals surface area (Å²) in [5.41, 5.74) is 2.80. The fourth-order valence-corrected chi connectivity index (χ4v) is 2.41. The maximum atomic E-state index is 2.31. The van der Waals surface area contributed by atoms with Gasteiger partial charge in [0, 0.05) is 30.9 Å². The highest BCUT2D eigenvalue weighted by molar-refractivity contribution is 5.33. The van der Waals surface area contributed by atoms with Gasteiger partial charge in [0.2, 0.25) is 0 Å². The van der Waals surface area contributed by atoms with E-state index in [1.54, 1.807) is 5.92 Å². The molecule has 2 rings (SSSR count). The summed E-state index contributed by atoms with van der Waals surface area (Å²) in [6.45, 7) is 4.45. The second-order valence-corrected chi connectivity index (χ2v) is 4.53. The van der Waals surface area contributed by atoms with E-state index in [0.29, 0.717) is 0 Å². The van der Waals surface area contributed by atoms with Crippen LogP contribution in [0.25, 0.3) is 0 Å². The Morgan fingerprint density at radius 2 is 1.64 bits per heavy atom. The number of hydrogen-bond acceptors (Lipinski definition) is 0. The molecule has 0 N–H and O–H groups in total. The average molecular weight is 187 g/mol. The lowest BCUT2D eigenvalue weighted by molar-refractivity contribution is 0.584. The SMILES string of the molecule is Cc1ccc([C+](C)C2CCCC2)cc1. The maximum Gasteiger partial charge on any atom is 0.132 e. The summed E-state index contributed by atoms with van der Waals surface area (Å²) in [6.07, 6.45) is 5.65. The van der Waals surface area contributed by atoms with Gasteiger partial charge in [0.1, 0.15) is 5.56 Å². The van der Waals surface area contributed by atoms with E-state index in [0.717, 1.165) is 5.92 Å². The van der Waals surface area contributed by atoms with Crippen LogP contribution in [0.2, 0.25) is 0 Å². The van der Waals surface area contributed by atoms with Gasteiger partial charge < -0.3 is 0 Å². The van der Waals surface area contributed by atoms with Crippen LogP contribution in [0.5, 0.6) is 0 Å². The minimum atomic E-state index is 0.859. The summed E-state index contributed by atoms with van der Waals surface area (Å²) in [4.78, 5) is 0. The lowest BCUT2D eigenvalue weighted by atomic mass is 9.86. The third-order valence-corrected chi connectivity index (χ3v) is 3.47. The van der Waals surface area contributed by atoms with Crippen molar-refractivity contribution in [2.24, 2.45) is 5.92 Å². The Balaban J connectivity index is 2.09. The molecule has 0 aliphatic heterocycles. The summed E-state index contributed by atoms with van der Waals surface area (Å²) in [7, 11) is 0. The molecule has 1 aliphatic rings. The van der Waals surface area contributed by atoms with Crippen LogP contribution in [0.1, 0.15) is 43.7 Å². The van der Waals surface area contributed by atoms with Gasteiger partial charge in [-0.15, -0.1) is 0 Å². The number of hydrogen-bond donors (Lipinski definition) is 0. The van der Waals surface area contributed by atoms with E-state index >= 15 is 0 Å². The molecule has 0 radical (unpaired) electrons. The van der Waals surface area contributed by atoms with Crippen molar-refractivity contribution in [3.8, 4) is 0 Å². The number of aryl methyl sites for hydroxylation is 1. The smallest absolute Gasteiger partial charge is 0.0515 e. The predicted octanol–water partition coefficient (Wildman–Crippen LogP) is 4.13. The Hall–Kier alpha value is -0.910. The van der Waals surface area contributed by atoms with Crippen molar-refractivity contribution in [1.29, 1.82) is 0 Å². The van der Waals surface area contributed by atoms with Crippen molar-refractivity contribution in [2.75, 3.05) is 0 Å². The molecule has 1 saturated carbocycles. The zero-order valence-electron chi connectivity index (χ0n) is 9.22. The molecule has 0 atom stereocenters. The molecule has 1 aliphatic carbocycles. The number of benzene rings is 1. The van der Waals surface area contributed by atoms with Crippen LogP contribution in [0.3, 0.4) is 0 Å². The van der Waals surface area contributed by atoms with Crippen LogP contribution in [0.15, 0.2) is 24.3 Å². The molecular weight excluding hydrogens is 168 g/mol. The van der Waals surface area contributed by atoms with Crippen LogP contribution in [-0.2, 0) is 0 Å². The van der Waals surface area contributed by atoms with E-state index in [2.05, 4.69) is 38.1 Å². The van der Waals surface area contributed by atoms with Crippen molar-refractivity contribution in [3.05, 3.63) is 41.3 Å². The molecule has 1 aromatic carbocycles. The van der Waals surface area contributed by atoms with E-state index in [-0.39, 0.29) is 0 Å². The van der Waals surface area contributed by atoms with Gasteiger partial charge in [-0.1, -0.05) is 12.8 Å². The Morgan fingerprint density at radius 1 is 1.07 bits per heavy atom. The molecule has 14 heavy (non-hydrogen) atoms. The van der Waals surface area contributed by atoms with E-state index < -0.39 is 0 Å². The first kappa shape index (κ1) is 9.64. The van der Waals surface area contributed by atoms with Crippen molar-refractivity contribution in [2.45, 2.75) is 39.5 Å². The summed E-state index contributed by atoms with van der Waals surface area (Å²) in [5.74, 6) is 2.46. The molecule has 1 fully saturated rings. The fraction of sp³-hybridized carbons (Fsp3) is 0.500. The van der Waals surface area contributed by atoms with Crippen molar-refractivity contribution < 1.29 is 0 Å². The second-order valence-electron chi connectivity index (χ2n) is 4.53. The molecule has 0 bridgehead atoms. The van der Waals surface area contributed by atoms with Crippen LogP contribution in [0, 0.1) is 18.8 Å². The van der Waals surface area contributed by atoms with E-state index in [1.165, 1.54) is 36.8 Å².